The van der Waals surface area contributed by atoms with Crippen LogP contribution in [0.3, 0.4) is 0 Å². The molecule has 0 aromatic carbocycles. The Morgan fingerprint density at radius 3 is 0.545 bits per heavy atom. The Morgan fingerprint density at radius 1 is 0.227 bits per heavy atom. The normalized spacial score (nSPS) is 10.4. The Balaban J connectivity index is 0. The zero-order valence-electron chi connectivity index (χ0n) is 16.7. The van der Waals surface area contributed by atoms with Crippen LogP contribution in [0.2, 0.25) is 0 Å². The maximum Gasteiger partial charge on any atom is -0.0533 e. The second-order valence-corrected chi connectivity index (χ2v) is 6.95. The van der Waals surface area contributed by atoms with Crippen molar-refractivity contribution in [2.75, 3.05) is 0 Å². The lowest BCUT2D eigenvalue weighted by Crippen LogP contribution is -1.82. The van der Waals surface area contributed by atoms with Crippen molar-refractivity contribution >= 4 is 0 Å². The zero-order valence-corrected chi connectivity index (χ0v) is 16.7. The topological polar surface area (TPSA) is 0 Å². The maximum absolute atomic E-state index is 2.29. The molecule has 0 radical (unpaired) electrons. The van der Waals surface area contributed by atoms with Gasteiger partial charge in [0.2, 0.25) is 0 Å². The van der Waals surface area contributed by atoms with E-state index < -0.39 is 0 Å². The van der Waals surface area contributed by atoms with Gasteiger partial charge in [-0.05, 0) is 0 Å². The molecule has 0 nitrogen and oxygen atoms in total. The van der Waals surface area contributed by atoms with Crippen LogP contribution in [0, 0.1) is 0 Å². The van der Waals surface area contributed by atoms with E-state index in [4.69, 9.17) is 0 Å². The number of hydrogen-bond acceptors (Lipinski definition) is 0. The fourth-order valence-electron chi connectivity index (χ4n) is 2.77. The summed E-state index contributed by atoms with van der Waals surface area (Å²) in [5.41, 5.74) is 0. The fourth-order valence-corrected chi connectivity index (χ4v) is 2.77. The highest BCUT2D eigenvalue weighted by atomic mass is 14.0. The molecule has 0 bridgehead atoms. The van der Waals surface area contributed by atoms with Gasteiger partial charge < -0.3 is 0 Å². The second-order valence-electron chi connectivity index (χ2n) is 6.95. The van der Waals surface area contributed by atoms with Crippen LogP contribution in [0.15, 0.2) is 0 Å². The molecule has 0 atom stereocenters. The molecule has 136 valence electrons. The lowest BCUT2D eigenvalue weighted by molar-refractivity contribution is 0.538. The summed E-state index contributed by atoms with van der Waals surface area (Å²) in [6, 6.07) is 0. The van der Waals surface area contributed by atoms with Crippen LogP contribution in [-0.4, -0.2) is 0 Å². The van der Waals surface area contributed by atoms with Gasteiger partial charge in [0.15, 0.2) is 0 Å². The number of unbranched alkanes of at least 4 members (excludes halogenated alkanes) is 16. The van der Waals surface area contributed by atoms with Gasteiger partial charge in [0.05, 0.1) is 0 Å². The predicted molar refractivity (Wildman–Crippen MR) is 106 cm³/mol. The van der Waals surface area contributed by atoms with Gasteiger partial charge >= 0.3 is 0 Å². The van der Waals surface area contributed by atoms with Crippen molar-refractivity contribution < 1.29 is 0 Å². The monoisotopic (exact) mass is 312 g/mol. The van der Waals surface area contributed by atoms with E-state index >= 15 is 0 Å². The first-order valence-electron chi connectivity index (χ1n) is 10.8. The van der Waals surface area contributed by atoms with Crippen molar-refractivity contribution in [3.63, 3.8) is 0 Å². The molecule has 0 aliphatic heterocycles. The van der Waals surface area contributed by atoms with Crippen LogP contribution in [-0.2, 0) is 0 Å². The molecule has 0 unspecified atom stereocenters. The summed E-state index contributed by atoms with van der Waals surface area (Å²) in [5.74, 6) is 0. The third kappa shape index (κ3) is 28.2. The van der Waals surface area contributed by atoms with E-state index in [0.717, 1.165) is 0 Å². The van der Waals surface area contributed by atoms with E-state index in [1.807, 2.05) is 0 Å². The van der Waals surface area contributed by atoms with Gasteiger partial charge in [-0.15, -0.1) is 0 Å². The summed E-state index contributed by atoms with van der Waals surface area (Å²) in [6.07, 6.45) is 26.0. The van der Waals surface area contributed by atoms with Crippen LogP contribution >= 0.6 is 0 Å². The van der Waals surface area contributed by atoms with Crippen molar-refractivity contribution in [3.05, 3.63) is 0 Å². The molecule has 22 heavy (non-hydrogen) atoms. The molecule has 0 saturated carbocycles. The molecule has 0 spiro atoms. The van der Waals surface area contributed by atoms with Crippen molar-refractivity contribution in [2.24, 2.45) is 0 Å². The summed E-state index contributed by atoms with van der Waals surface area (Å²) >= 11 is 0. The van der Waals surface area contributed by atoms with E-state index in [-0.39, 0.29) is 0 Å². The molecular weight excluding hydrogens is 264 g/mol. The van der Waals surface area contributed by atoms with Gasteiger partial charge in [-0.3, -0.25) is 0 Å². The predicted octanol–water partition coefficient (Wildman–Crippen LogP) is 9.07. The first-order chi connectivity index (χ1) is 10.8. The van der Waals surface area contributed by atoms with Crippen molar-refractivity contribution in [1.82, 2.24) is 0 Å². The molecule has 0 aliphatic carbocycles. The van der Waals surface area contributed by atoms with E-state index in [2.05, 4.69) is 27.7 Å². The lowest BCUT2D eigenvalue weighted by atomic mass is 10.0. The molecular formula is C22H48. The molecule has 0 rings (SSSR count). The zero-order chi connectivity index (χ0) is 16.7. The highest BCUT2D eigenvalue weighted by molar-refractivity contribution is 4.48. The van der Waals surface area contributed by atoms with Gasteiger partial charge in [-0.25, -0.2) is 0 Å². The average Bonchev–Trinajstić information content (AvgIpc) is 2.54. The quantitative estimate of drug-likeness (QED) is 0.249. The van der Waals surface area contributed by atoms with Gasteiger partial charge in [0.1, 0.15) is 0 Å². The van der Waals surface area contributed by atoms with Crippen LogP contribution in [0.25, 0.3) is 0 Å². The summed E-state index contributed by atoms with van der Waals surface area (Å²) in [6.45, 7) is 9.04. The third-order valence-electron chi connectivity index (χ3n) is 4.41. The summed E-state index contributed by atoms with van der Waals surface area (Å²) < 4.78 is 0. The third-order valence-corrected chi connectivity index (χ3v) is 4.41. The van der Waals surface area contributed by atoms with Crippen LogP contribution in [0.1, 0.15) is 143 Å². The van der Waals surface area contributed by atoms with Crippen LogP contribution in [0.5, 0.6) is 0 Å². The Labute approximate surface area is 143 Å². The van der Waals surface area contributed by atoms with Crippen molar-refractivity contribution in [2.45, 2.75) is 143 Å². The van der Waals surface area contributed by atoms with Gasteiger partial charge in [0, 0.05) is 0 Å². The Kier molecular flexibility index (Phi) is 28.6. The van der Waals surface area contributed by atoms with Crippen LogP contribution < -0.4 is 0 Å². The second kappa shape index (κ2) is 25.9. The van der Waals surface area contributed by atoms with Crippen molar-refractivity contribution in [1.29, 1.82) is 0 Å². The number of rotatable bonds is 16. The summed E-state index contributed by atoms with van der Waals surface area (Å²) in [7, 11) is 0. The fraction of sp³-hybridized carbons (Fsp3) is 1.00. The maximum atomic E-state index is 2.29. The van der Waals surface area contributed by atoms with E-state index in [0.29, 0.717) is 0 Å². The molecule has 0 saturated heterocycles. The SMILES string of the molecule is CCCCCC.CCCCCCCCCCCCCCCC. The van der Waals surface area contributed by atoms with E-state index in [1.54, 1.807) is 0 Å². The van der Waals surface area contributed by atoms with Gasteiger partial charge in [-0.2, -0.15) is 0 Å². The molecule has 0 aromatic rings. The molecule has 0 fully saturated rings. The molecule has 0 amide bonds. The average molecular weight is 313 g/mol. The molecule has 0 heteroatoms. The van der Waals surface area contributed by atoms with E-state index in [1.165, 1.54) is 116 Å². The highest BCUT2D eigenvalue weighted by Gasteiger charge is 1.92. The highest BCUT2D eigenvalue weighted by Crippen LogP contribution is 2.12. The van der Waals surface area contributed by atoms with E-state index in [9.17, 15) is 0 Å². The smallest absolute Gasteiger partial charge is 0.0533 e. The molecule has 0 heterocycles. The Morgan fingerprint density at radius 2 is 0.364 bits per heavy atom. The molecule has 0 aromatic heterocycles. The minimum atomic E-state index is 1.36. The molecule has 0 aliphatic rings. The van der Waals surface area contributed by atoms with Gasteiger partial charge in [-0.1, -0.05) is 143 Å². The minimum absolute atomic E-state index is 1.36. The Hall–Kier alpha value is 0. The largest absolute Gasteiger partial charge is 0.0654 e. The lowest BCUT2D eigenvalue weighted by Gasteiger charge is -2.02. The molecule has 0 N–H and O–H groups in total. The van der Waals surface area contributed by atoms with Gasteiger partial charge in [0.25, 0.3) is 0 Å². The van der Waals surface area contributed by atoms with Crippen molar-refractivity contribution in [3.8, 4) is 0 Å². The first kappa shape index (κ1) is 24.3. The Bertz CT molecular complexity index is 132. The standard InChI is InChI=1S/C16H34.C6H14/c1-3-5-7-9-11-13-15-16-14-12-10-8-6-4-2;1-3-5-6-4-2/h3-16H2,1-2H3;3-6H2,1-2H3. The summed E-state index contributed by atoms with van der Waals surface area (Å²) in [4.78, 5) is 0. The first-order valence-corrected chi connectivity index (χ1v) is 10.8. The number of hydrogen-bond donors (Lipinski definition) is 0. The summed E-state index contributed by atoms with van der Waals surface area (Å²) in [5, 5.41) is 0. The minimum Gasteiger partial charge on any atom is -0.0654 e. The van der Waals surface area contributed by atoms with Crippen LogP contribution in [0.4, 0.5) is 0 Å².